The van der Waals surface area contributed by atoms with Gasteiger partial charge in [-0.3, -0.25) is 4.68 Å². The molecule has 1 saturated carbocycles. The Morgan fingerprint density at radius 3 is 2.86 bits per heavy atom. The number of nitrogens with two attached hydrogens (primary N) is 1. The van der Waals surface area contributed by atoms with Crippen LogP contribution in [0.5, 0.6) is 0 Å². The first kappa shape index (κ1) is 14.6. The minimum atomic E-state index is -0.630. The maximum atomic E-state index is 10.4. The van der Waals surface area contributed by atoms with Crippen molar-refractivity contribution in [2.75, 3.05) is 5.73 Å². The van der Waals surface area contributed by atoms with E-state index in [1.54, 1.807) is 6.07 Å². The Kier molecular flexibility index (Phi) is 4.31. The van der Waals surface area contributed by atoms with Gasteiger partial charge in [-0.1, -0.05) is 28.8 Å². The second-order valence-corrected chi connectivity index (χ2v) is 6.63. The first-order valence-electron chi connectivity index (χ1n) is 7.40. The number of rotatable bonds is 4. The highest BCUT2D eigenvalue weighted by molar-refractivity contribution is 9.10. The lowest BCUT2D eigenvalue weighted by molar-refractivity contribution is 0.177. The third-order valence-corrected chi connectivity index (χ3v) is 4.67. The van der Waals surface area contributed by atoms with Gasteiger partial charge in [0.2, 0.25) is 0 Å². The number of benzene rings is 1. The van der Waals surface area contributed by atoms with E-state index in [0.29, 0.717) is 18.2 Å². The topological polar surface area (TPSA) is 64.1 Å². The molecule has 1 aromatic carbocycles. The Balaban J connectivity index is 1.72. The van der Waals surface area contributed by atoms with Crippen molar-refractivity contribution in [3.05, 3.63) is 46.2 Å². The fourth-order valence-corrected chi connectivity index (χ4v) is 3.38. The van der Waals surface area contributed by atoms with E-state index in [2.05, 4.69) is 25.7 Å². The lowest BCUT2D eigenvalue weighted by atomic mass is 10.0. The summed E-state index contributed by atoms with van der Waals surface area (Å²) in [5, 5.41) is 15.0. The van der Waals surface area contributed by atoms with E-state index in [-0.39, 0.29) is 0 Å². The molecule has 1 atom stereocenters. The van der Waals surface area contributed by atoms with E-state index >= 15 is 0 Å². The van der Waals surface area contributed by atoms with Gasteiger partial charge in [0.1, 0.15) is 0 Å². The number of aromatic nitrogens is 2. The van der Waals surface area contributed by atoms with Crippen LogP contribution in [0.2, 0.25) is 0 Å². The zero-order valence-electron chi connectivity index (χ0n) is 11.9. The highest BCUT2D eigenvalue weighted by Gasteiger charge is 2.19. The summed E-state index contributed by atoms with van der Waals surface area (Å²) in [4.78, 5) is 0. The summed E-state index contributed by atoms with van der Waals surface area (Å²) in [5.74, 6) is 0. The molecule has 1 aromatic heterocycles. The molecule has 3 N–H and O–H groups in total. The van der Waals surface area contributed by atoms with Crippen molar-refractivity contribution >= 4 is 21.6 Å². The van der Waals surface area contributed by atoms with Crippen LogP contribution < -0.4 is 5.73 Å². The molecule has 0 bridgehead atoms. The van der Waals surface area contributed by atoms with Crippen LogP contribution in [0.3, 0.4) is 0 Å². The van der Waals surface area contributed by atoms with Crippen LogP contribution in [0.25, 0.3) is 0 Å². The number of nitrogens with zero attached hydrogens (tertiary/aromatic N) is 2. The normalized spacial score (nSPS) is 17.2. The molecule has 2 aromatic rings. The minimum Gasteiger partial charge on any atom is -0.398 e. The fraction of sp³-hybridized carbons (Fsp3) is 0.438. The van der Waals surface area contributed by atoms with Gasteiger partial charge in [0.15, 0.2) is 0 Å². The summed E-state index contributed by atoms with van der Waals surface area (Å²) in [6, 6.07) is 8.08. The van der Waals surface area contributed by atoms with Gasteiger partial charge in [-0.05, 0) is 37.1 Å². The molecule has 5 heteroatoms. The van der Waals surface area contributed by atoms with Gasteiger partial charge in [-0.2, -0.15) is 5.10 Å². The number of nitrogen functional groups attached to an aromatic ring is 1. The Morgan fingerprint density at radius 1 is 1.33 bits per heavy atom. The van der Waals surface area contributed by atoms with E-state index in [1.807, 2.05) is 24.4 Å². The lowest BCUT2D eigenvalue weighted by Crippen LogP contribution is -2.08. The van der Waals surface area contributed by atoms with E-state index in [1.165, 1.54) is 25.7 Å². The molecule has 0 spiro atoms. The molecule has 112 valence electrons. The summed E-state index contributed by atoms with van der Waals surface area (Å²) >= 11 is 3.41. The van der Waals surface area contributed by atoms with Gasteiger partial charge >= 0.3 is 0 Å². The van der Waals surface area contributed by atoms with Crippen molar-refractivity contribution in [2.45, 2.75) is 44.2 Å². The number of hydrogen-bond donors (Lipinski definition) is 2. The highest BCUT2D eigenvalue weighted by atomic mass is 79.9. The predicted octanol–water partition coefficient (Wildman–Crippen LogP) is 3.62. The van der Waals surface area contributed by atoms with Gasteiger partial charge in [0.25, 0.3) is 0 Å². The summed E-state index contributed by atoms with van der Waals surface area (Å²) in [6.45, 7) is 0. The van der Waals surface area contributed by atoms with Crippen LogP contribution in [-0.2, 0) is 6.42 Å². The van der Waals surface area contributed by atoms with E-state index in [4.69, 9.17) is 5.73 Å². The molecule has 0 radical (unpaired) electrons. The molecule has 0 aliphatic heterocycles. The van der Waals surface area contributed by atoms with Crippen LogP contribution in [0.4, 0.5) is 5.69 Å². The maximum absolute atomic E-state index is 10.4. The molecule has 1 heterocycles. The van der Waals surface area contributed by atoms with Gasteiger partial charge in [0, 0.05) is 28.3 Å². The van der Waals surface area contributed by atoms with Crippen molar-refractivity contribution in [3.8, 4) is 0 Å². The van der Waals surface area contributed by atoms with Gasteiger partial charge in [-0.15, -0.1) is 0 Å². The molecule has 4 nitrogen and oxygen atoms in total. The zero-order chi connectivity index (χ0) is 14.8. The van der Waals surface area contributed by atoms with E-state index in [0.717, 1.165) is 15.7 Å². The van der Waals surface area contributed by atoms with Crippen molar-refractivity contribution in [3.63, 3.8) is 0 Å². The van der Waals surface area contributed by atoms with Crippen molar-refractivity contribution < 1.29 is 5.11 Å². The summed E-state index contributed by atoms with van der Waals surface area (Å²) in [5.41, 5.74) is 8.21. The van der Waals surface area contributed by atoms with E-state index in [9.17, 15) is 5.11 Å². The van der Waals surface area contributed by atoms with Gasteiger partial charge in [0.05, 0.1) is 17.8 Å². The van der Waals surface area contributed by atoms with Crippen LogP contribution in [0.15, 0.2) is 34.9 Å². The fourth-order valence-electron chi connectivity index (χ4n) is 3.00. The number of aliphatic hydroxyl groups is 1. The Labute approximate surface area is 133 Å². The Bertz CT molecular complexity index is 620. The molecule has 1 aliphatic carbocycles. The number of halogens is 1. The molecule has 3 rings (SSSR count). The number of anilines is 1. The lowest BCUT2D eigenvalue weighted by Gasteiger charge is -2.13. The molecule has 1 unspecified atom stereocenters. The molecule has 0 saturated heterocycles. The molecular weight excluding hydrogens is 330 g/mol. The quantitative estimate of drug-likeness (QED) is 0.828. The van der Waals surface area contributed by atoms with Crippen LogP contribution in [0.1, 0.15) is 49.1 Å². The SMILES string of the molecule is Nc1ccc(Br)cc1C(O)Cc1ccn(C2CCCC2)n1. The standard InChI is InChI=1S/C16H20BrN3O/c17-11-5-6-15(18)14(9-11)16(21)10-12-7-8-20(19-12)13-3-1-2-4-13/h5-9,13,16,21H,1-4,10,18H2. The summed E-state index contributed by atoms with van der Waals surface area (Å²) in [6.07, 6.45) is 6.89. The third-order valence-electron chi connectivity index (χ3n) is 4.17. The largest absolute Gasteiger partial charge is 0.398 e. The molecule has 21 heavy (non-hydrogen) atoms. The Hall–Kier alpha value is -1.33. The van der Waals surface area contributed by atoms with Crippen molar-refractivity contribution in [2.24, 2.45) is 0 Å². The average Bonchev–Trinajstić information content (AvgIpc) is 3.11. The highest BCUT2D eigenvalue weighted by Crippen LogP contribution is 2.30. The first-order valence-corrected chi connectivity index (χ1v) is 8.20. The zero-order valence-corrected chi connectivity index (χ0v) is 13.5. The first-order chi connectivity index (χ1) is 10.1. The molecular formula is C16H20BrN3O. The Morgan fingerprint density at radius 2 is 2.10 bits per heavy atom. The van der Waals surface area contributed by atoms with Crippen LogP contribution in [0, 0.1) is 0 Å². The van der Waals surface area contributed by atoms with Gasteiger partial charge in [-0.25, -0.2) is 0 Å². The third kappa shape index (κ3) is 3.30. The monoisotopic (exact) mass is 349 g/mol. The number of hydrogen-bond acceptors (Lipinski definition) is 3. The van der Waals surface area contributed by atoms with Gasteiger partial charge < -0.3 is 10.8 Å². The molecule has 1 aliphatic rings. The molecule has 1 fully saturated rings. The predicted molar refractivity (Wildman–Crippen MR) is 87.0 cm³/mol. The maximum Gasteiger partial charge on any atom is 0.0866 e. The van der Waals surface area contributed by atoms with Crippen molar-refractivity contribution in [1.29, 1.82) is 0 Å². The smallest absolute Gasteiger partial charge is 0.0866 e. The number of aliphatic hydroxyl groups excluding tert-OH is 1. The minimum absolute atomic E-state index is 0.486. The molecule has 0 amide bonds. The second kappa shape index (κ2) is 6.20. The average molecular weight is 350 g/mol. The van der Waals surface area contributed by atoms with Crippen molar-refractivity contribution in [1.82, 2.24) is 9.78 Å². The van der Waals surface area contributed by atoms with E-state index < -0.39 is 6.10 Å². The summed E-state index contributed by atoms with van der Waals surface area (Å²) < 4.78 is 2.97. The van der Waals surface area contributed by atoms with Crippen LogP contribution >= 0.6 is 15.9 Å². The second-order valence-electron chi connectivity index (χ2n) is 5.72. The summed E-state index contributed by atoms with van der Waals surface area (Å²) in [7, 11) is 0. The van der Waals surface area contributed by atoms with Crippen LogP contribution in [-0.4, -0.2) is 14.9 Å².